The molecule has 0 radical (unpaired) electrons. The average Bonchev–Trinajstić information content (AvgIpc) is 3.63. The Kier molecular flexibility index (Phi) is 7.33. The van der Waals surface area contributed by atoms with Crippen LogP contribution in [0.2, 0.25) is 0 Å². The van der Waals surface area contributed by atoms with E-state index >= 15 is 0 Å². The second kappa shape index (κ2) is 11.4. The summed E-state index contributed by atoms with van der Waals surface area (Å²) in [7, 11) is 1.77. The first-order valence-corrected chi connectivity index (χ1v) is 15.6. The van der Waals surface area contributed by atoms with E-state index in [-0.39, 0.29) is 12.0 Å². The van der Waals surface area contributed by atoms with Gasteiger partial charge >= 0.3 is 0 Å². The van der Waals surface area contributed by atoms with E-state index in [2.05, 4.69) is 93.2 Å². The average molecular weight is 565 g/mol. The molecule has 5 aromatic rings. The van der Waals surface area contributed by atoms with Gasteiger partial charge in [0.15, 0.2) is 0 Å². The number of carbonyl (C=O) groups is 1. The van der Waals surface area contributed by atoms with Crippen molar-refractivity contribution in [1.29, 1.82) is 0 Å². The second-order valence-corrected chi connectivity index (χ2v) is 12.5. The number of rotatable bonds is 6. The number of amides is 1. The van der Waals surface area contributed by atoms with Crippen molar-refractivity contribution < 1.29 is 9.53 Å². The zero-order chi connectivity index (χ0) is 27.8. The Balaban J connectivity index is 1.15. The molecular formula is C34H36N4O2S. The van der Waals surface area contributed by atoms with Crippen molar-refractivity contribution in [3.05, 3.63) is 84.7 Å². The number of aromatic nitrogens is 2. The van der Waals surface area contributed by atoms with Crippen molar-refractivity contribution in [3.63, 3.8) is 0 Å². The van der Waals surface area contributed by atoms with Crippen LogP contribution in [0.1, 0.15) is 31.4 Å². The largest absolute Gasteiger partial charge is 0.381 e. The molecular weight excluding hydrogens is 528 g/mol. The van der Waals surface area contributed by atoms with Crippen molar-refractivity contribution in [2.45, 2.75) is 38.3 Å². The fourth-order valence-electron chi connectivity index (χ4n) is 6.52. The molecule has 1 saturated carbocycles. The number of hydrogen-bond acceptors (Lipinski definition) is 5. The number of piperazine rings is 1. The summed E-state index contributed by atoms with van der Waals surface area (Å²) in [6.07, 6.45) is 6.48. The smallest absolute Gasteiger partial charge is 0.225 e. The molecule has 1 aliphatic heterocycles. The third kappa shape index (κ3) is 5.30. The number of nitrogens with zero attached hydrogens (tertiary/aromatic N) is 4. The van der Waals surface area contributed by atoms with Crippen molar-refractivity contribution in [1.82, 2.24) is 19.2 Å². The maximum absolute atomic E-state index is 13.3. The van der Waals surface area contributed by atoms with Crippen molar-refractivity contribution in [2.75, 3.05) is 33.3 Å². The molecule has 6 nitrogen and oxygen atoms in total. The van der Waals surface area contributed by atoms with Gasteiger partial charge in [-0.05, 0) is 48.9 Å². The third-order valence-corrected chi connectivity index (χ3v) is 10.0. The van der Waals surface area contributed by atoms with Gasteiger partial charge in [-0.3, -0.25) is 9.69 Å². The number of carbonyl (C=O) groups excluding carboxylic acids is 1. The highest BCUT2D eigenvalue weighted by Crippen LogP contribution is 2.35. The molecule has 41 heavy (non-hydrogen) atoms. The van der Waals surface area contributed by atoms with E-state index in [1.165, 1.54) is 26.2 Å². The predicted molar refractivity (Wildman–Crippen MR) is 166 cm³/mol. The summed E-state index contributed by atoms with van der Waals surface area (Å²) < 4.78 is 9.17. The summed E-state index contributed by atoms with van der Waals surface area (Å²) in [4.78, 5) is 24.3. The van der Waals surface area contributed by atoms with E-state index < -0.39 is 0 Å². The van der Waals surface area contributed by atoms with Crippen LogP contribution in [0.25, 0.3) is 37.4 Å². The molecule has 2 aromatic carbocycles. The summed E-state index contributed by atoms with van der Waals surface area (Å²) in [5.74, 6) is 0.426. The first-order chi connectivity index (χ1) is 20.2. The Bertz CT molecular complexity index is 1640. The Morgan fingerprint density at radius 2 is 1.76 bits per heavy atom. The van der Waals surface area contributed by atoms with E-state index in [9.17, 15) is 4.79 Å². The standard InChI is InChI=1S/C34H36N4O2S/c1-40-28-12-7-11-26(20-28)34(39)37-18-16-36(17-19-37)23-29-33(24-8-3-2-4-9-24)35-32-15-14-27(22-38(29)32)31-21-25-10-5-6-13-30(25)41-31/h2-6,8-10,13-15,21-22,26,28H,7,11-12,16-20,23H2,1H3/t26-,28+/m0/s1. The lowest BCUT2D eigenvalue weighted by Crippen LogP contribution is -2.50. The summed E-state index contributed by atoms with van der Waals surface area (Å²) in [6, 6.07) is 25.7. The van der Waals surface area contributed by atoms with Gasteiger partial charge in [0.2, 0.25) is 5.91 Å². The van der Waals surface area contributed by atoms with Gasteiger partial charge in [0.1, 0.15) is 5.65 Å². The van der Waals surface area contributed by atoms with Gasteiger partial charge < -0.3 is 14.0 Å². The quantitative estimate of drug-likeness (QED) is 0.229. The Labute approximate surface area is 245 Å². The van der Waals surface area contributed by atoms with Crippen molar-refractivity contribution in [3.8, 4) is 21.7 Å². The number of thiophene rings is 1. The van der Waals surface area contributed by atoms with Crippen LogP contribution in [0.15, 0.2) is 79.0 Å². The minimum absolute atomic E-state index is 0.107. The molecule has 7 rings (SSSR count). The molecule has 210 valence electrons. The normalized spacial score (nSPS) is 20.2. The fourth-order valence-corrected chi connectivity index (χ4v) is 7.57. The van der Waals surface area contributed by atoms with Gasteiger partial charge in [-0.2, -0.15) is 0 Å². The van der Waals surface area contributed by atoms with E-state index in [1.54, 1.807) is 7.11 Å². The first-order valence-electron chi connectivity index (χ1n) is 14.8. The van der Waals surface area contributed by atoms with Gasteiger partial charge in [-0.1, -0.05) is 55.0 Å². The number of fused-ring (bicyclic) bond motifs is 2. The van der Waals surface area contributed by atoms with Gasteiger partial charge in [-0.15, -0.1) is 11.3 Å². The summed E-state index contributed by atoms with van der Waals surface area (Å²) in [5.41, 5.74) is 5.53. The second-order valence-electron chi connectivity index (χ2n) is 11.4. The number of hydrogen-bond donors (Lipinski definition) is 0. The maximum atomic E-state index is 13.3. The van der Waals surface area contributed by atoms with Crippen LogP contribution in [0.5, 0.6) is 0 Å². The third-order valence-electron chi connectivity index (χ3n) is 8.84. The molecule has 0 N–H and O–H groups in total. The van der Waals surface area contributed by atoms with Gasteiger partial charge in [0.05, 0.1) is 17.5 Å². The van der Waals surface area contributed by atoms with Crippen LogP contribution in [-0.2, 0) is 16.1 Å². The van der Waals surface area contributed by atoms with Crippen LogP contribution < -0.4 is 0 Å². The zero-order valence-corrected chi connectivity index (χ0v) is 24.4. The monoisotopic (exact) mass is 564 g/mol. The van der Waals surface area contributed by atoms with Crippen LogP contribution in [0, 0.1) is 5.92 Å². The number of benzene rings is 2. The van der Waals surface area contributed by atoms with Crippen LogP contribution in [-0.4, -0.2) is 64.5 Å². The summed E-state index contributed by atoms with van der Waals surface area (Å²) >= 11 is 1.83. The Morgan fingerprint density at radius 3 is 2.56 bits per heavy atom. The number of imidazole rings is 1. The molecule has 2 aliphatic rings. The van der Waals surface area contributed by atoms with Crippen LogP contribution in [0.4, 0.5) is 0 Å². The number of pyridine rings is 1. The predicted octanol–water partition coefficient (Wildman–Crippen LogP) is 6.73. The SMILES string of the molecule is CO[C@@H]1CCC[C@H](C(=O)N2CCN(Cc3c(-c4ccccc4)nc4ccc(-c5cc6ccccc6s5)cn34)CC2)C1. The molecule has 0 unspecified atom stereocenters. The molecule has 1 saturated heterocycles. The Morgan fingerprint density at radius 1 is 0.951 bits per heavy atom. The zero-order valence-electron chi connectivity index (χ0n) is 23.5. The topological polar surface area (TPSA) is 50.1 Å². The molecule has 0 spiro atoms. The van der Waals surface area contributed by atoms with E-state index in [0.717, 1.165) is 75.3 Å². The van der Waals surface area contributed by atoms with Crippen molar-refractivity contribution >= 4 is 33.0 Å². The minimum atomic E-state index is 0.107. The van der Waals surface area contributed by atoms with Crippen molar-refractivity contribution in [2.24, 2.45) is 5.92 Å². The summed E-state index contributed by atoms with van der Waals surface area (Å²) in [6.45, 7) is 4.07. The Hall–Kier alpha value is -3.52. The molecule has 7 heteroatoms. The molecule has 3 aromatic heterocycles. The molecule has 1 amide bonds. The number of methoxy groups -OCH3 is 1. The molecule has 0 bridgehead atoms. The lowest BCUT2D eigenvalue weighted by molar-refractivity contribution is -0.140. The number of ether oxygens (including phenoxy) is 1. The summed E-state index contributed by atoms with van der Waals surface area (Å²) in [5, 5.41) is 1.28. The highest BCUT2D eigenvalue weighted by Gasteiger charge is 2.32. The van der Waals surface area contributed by atoms with Gasteiger partial charge in [-0.25, -0.2) is 4.98 Å². The molecule has 1 aliphatic carbocycles. The molecule has 2 atom stereocenters. The van der Waals surface area contributed by atoms with Gasteiger partial charge in [0.25, 0.3) is 0 Å². The van der Waals surface area contributed by atoms with E-state index in [1.807, 2.05) is 11.3 Å². The first kappa shape index (κ1) is 26.4. The van der Waals surface area contributed by atoms with Crippen LogP contribution >= 0.6 is 11.3 Å². The van der Waals surface area contributed by atoms with Crippen LogP contribution in [0.3, 0.4) is 0 Å². The maximum Gasteiger partial charge on any atom is 0.225 e. The minimum Gasteiger partial charge on any atom is -0.381 e. The molecule has 2 fully saturated rings. The lowest BCUT2D eigenvalue weighted by atomic mass is 9.86. The highest BCUT2D eigenvalue weighted by atomic mass is 32.1. The highest BCUT2D eigenvalue weighted by molar-refractivity contribution is 7.22. The molecule has 4 heterocycles. The van der Waals surface area contributed by atoms with E-state index in [0.29, 0.717) is 5.91 Å². The van der Waals surface area contributed by atoms with E-state index in [4.69, 9.17) is 9.72 Å². The lowest BCUT2D eigenvalue weighted by Gasteiger charge is -2.38. The van der Waals surface area contributed by atoms with Gasteiger partial charge in [0, 0.05) is 72.7 Å². The fraction of sp³-hybridized carbons (Fsp3) is 0.353.